The van der Waals surface area contributed by atoms with E-state index in [9.17, 15) is 14.4 Å². The summed E-state index contributed by atoms with van der Waals surface area (Å²) in [6.07, 6.45) is 2.26. The number of piperidine rings is 1. The Labute approximate surface area is 194 Å². The van der Waals surface area contributed by atoms with Crippen molar-refractivity contribution in [2.24, 2.45) is 17.3 Å². The van der Waals surface area contributed by atoms with Crippen LogP contribution in [-0.4, -0.2) is 65.5 Å². The van der Waals surface area contributed by atoms with Gasteiger partial charge in [-0.2, -0.15) is 0 Å². The highest BCUT2D eigenvalue weighted by molar-refractivity contribution is 6.31. The third-order valence-corrected chi connectivity index (χ3v) is 7.95. The number of amides is 3. The standard InChI is InChI=1S/C24H32ClN3O4/c1-15-3-4-17(11-20(15)25)19-14-28(13-18(19)12-26-23(31)32)21(29)16-5-9-27(10-6-16)22(30)24(2)7-8-24/h3-4,11,16,18-19,26H,5-10,12-14H2,1-2H3,(H,31,32)/t18-,19-/m1/s1. The fourth-order valence-corrected chi connectivity index (χ4v) is 5.25. The molecular formula is C24H32ClN3O4. The minimum absolute atomic E-state index is 0.00898. The molecule has 0 spiro atoms. The number of carboxylic acid groups (broad SMARTS) is 1. The highest BCUT2D eigenvalue weighted by atomic mass is 35.5. The molecule has 2 N–H and O–H groups in total. The second kappa shape index (κ2) is 8.93. The van der Waals surface area contributed by atoms with Crippen molar-refractivity contribution in [2.75, 3.05) is 32.7 Å². The summed E-state index contributed by atoms with van der Waals surface area (Å²) in [4.78, 5) is 40.8. The molecule has 1 aromatic carbocycles. The molecule has 2 atom stereocenters. The molecule has 4 rings (SSSR count). The molecule has 174 valence electrons. The highest BCUT2D eigenvalue weighted by Gasteiger charge is 2.48. The SMILES string of the molecule is Cc1ccc([C@H]2CN(C(=O)C3CCN(C(=O)C4(C)CC4)CC3)C[C@H]2CNC(=O)O)cc1Cl. The summed E-state index contributed by atoms with van der Waals surface area (Å²) in [7, 11) is 0. The molecule has 3 aliphatic rings. The fourth-order valence-electron chi connectivity index (χ4n) is 5.06. The molecular weight excluding hydrogens is 430 g/mol. The summed E-state index contributed by atoms with van der Waals surface area (Å²) in [5, 5.41) is 12.2. The Balaban J connectivity index is 1.41. The normalized spacial score (nSPS) is 25.0. The Morgan fingerprint density at radius 1 is 1.16 bits per heavy atom. The number of nitrogens with one attached hydrogen (secondary N) is 1. The van der Waals surface area contributed by atoms with Crippen molar-refractivity contribution < 1.29 is 19.5 Å². The van der Waals surface area contributed by atoms with Crippen molar-refractivity contribution in [3.8, 4) is 0 Å². The summed E-state index contributed by atoms with van der Waals surface area (Å²) in [6.45, 7) is 6.62. The second-order valence-electron chi connectivity index (χ2n) is 9.93. The first-order valence-corrected chi connectivity index (χ1v) is 11.9. The van der Waals surface area contributed by atoms with Crippen molar-refractivity contribution in [1.82, 2.24) is 15.1 Å². The third-order valence-electron chi connectivity index (χ3n) is 7.54. The first kappa shape index (κ1) is 22.9. The van der Waals surface area contributed by atoms with Gasteiger partial charge < -0.3 is 20.2 Å². The van der Waals surface area contributed by atoms with Gasteiger partial charge in [-0.15, -0.1) is 0 Å². The molecule has 0 aromatic heterocycles. The molecule has 32 heavy (non-hydrogen) atoms. The van der Waals surface area contributed by atoms with E-state index in [2.05, 4.69) is 5.32 Å². The van der Waals surface area contributed by atoms with E-state index in [0.717, 1.165) is 24.0 Å². The van der Waals surface area contributed by atoms with Gasteiger partial charge in [0.15, 0.2) is 0 Å². The van der Waals surface area contributed by atoms with Gasteiger partial charge in [0.2, 0.25) is 11.8 Å². The zero-order valence-electron chi connectivity index (χ0n) is 18.8. The van der Waals surface area contributed by atoms with Crippen LogP contribution in [0.4, 0.5) is 4.79 Å². The predicted molar refractivity (Wildman–Crippen MR) is 122 cm³/mol. The number of carbonyl (C=O) groups excluding carboxylic acids is 2. The van der Waals surface area contributed by atoms with E-state index in [-0.39, 0.29) is 35.0 Å². The third kappa shape index (κ3) is 4.72. The van der Waals surface area contributed by atoms with E-state index >= 15 is 0 Å². The molecule has 0 bridgehead atoms. The van der Waals surface area contributed by atoms with Crippen LogP contribution in [0.2, 0.25) is 5.02 Å². The fraction of sp³-hybridized carbons (Fsp3) is 0.625. The van der Waals surface area contributed by atoms with E-state index < -0.39 is 6.09 Å². The topological polar surface area (TPSA) is 90.0 Å². The second-order valence-corrected chi connectivity index (χ2v) is 10.3. The van der Waals surface area contributed by atoms with Gasteiger partial charge >= 0.3 is 6.09 Å². The van der Waals surface area contributed by atoms with Crippen LogP contribution >= 0.6 is 11.6 Å². The average Bonchev–Trinajstić information content (AvgIpc) is 3.38. The van der Waals surface area contributed by atoms with E-state index in [1.165, 1.54) is 0 Å². The van der Waals surface area contributed by atoms with Gasteiger partial charge in [0, 0.05) is 60.9 Å². The quantitative estimate of drug-likeness (QED) is 0.702. The van der Waals surface area contributed by atoms with Crippen molar-refractivity contribution in [3.63, 3.8) is 0 Å². The Morgan fingerprint density at radius 2 is 1.84 bits per heavy atom. The van der Waals surface area contributed by atoms with Gasteiger partial charge in [-0.05, 0) is 49.8 Å². The number of benzene rings is 1. The van der Waals surface area contributed by atoms with Crippen LogP contribution in [0.1, 0.15) is 49.7 Å². The summed E-state index contributed by atoms with van der Waals surface area (Å²) < 4.78 is 0. The lowest BCUT2D eigenvalue weighted by atomic mass is 9.88. The minimum atomic E-state index is -1.06. The number of nitrogens with zero attached hydrogens (tertiary/aromatic N) is 2. The molecule has 0 radical (unpaired) electrons. The number of hydrogen-bond donors (Lipinski definition) is 2. The molecule has 3 amide bonds. The Morgan fingerprint density at radius 3 is 2.44 bits per heavy atom. The van der Waals surface area contributed by atoms with Crippen LogP contribution in [-0.2, 0) is 9.59 Å². The van der Waals surface area contributed by atoms with E-state index in [1.54, 1.807) is 0 Å². The first-order chi connectivity index (χ1) is 15.2. The van der Waals surface area contributed by atoms with Crippen molar-refractivity contribution >= 4 is 29.5 Å². The molecule has 3 fully saturated rings. The van der Waals surface area contributed by atoms with Gasteiger partial charge in [0.1, 0.15) is 0 Å². The monoisotopic (exact) mass is 461 g/mol. The predicted octanol–water partition coefficient (Wildman–Crippen LogP) is 3.50. The zero-order valence-corrected chi connectivity index (χ0v) is 19.5. The molecule has 2 heterocycles. The lowest BCUT2D eigenvalue weighted by Crippen LogP contribution is -2.46. The Kier molecular flexibility index (Phi) is 6.39. The van der Waals surface area contributed by atoms with Crippen LogP contribution < -0.4 is 5.32 Å². The van der Waals surface area contributed by atoms with E-state index in [1.807, 2.05) is 41.8 Å². The first-order valence-electron chi connectivity index (χ1n) is 11.5. The number of rotatable bonds is 5. The minimum Gasteiger partial charge on any atom is -0.465 e. The van der Waals surface area contributed by atoms with E-state index in [4.69, 9.17) is 16.7 Å². The van der Waals surface area contributed by atoms with Gasteiger partial charge in [-0.3, -0.25) is 9.59 Å². The van der Waals surface area contributed by atoms with Crippen LogP contribution in [0.5, 0.6) is 0 Å². The number of carbonyl (C=O) groups is 3. The molecule has 1 aromatic rings. The molecule has 1 aliphatic carbocycles. The van der Waals surface area contributed by atoms with Crippen molar-refractivity contribution in [1.29, 1.82) is 0 Å². The van der Waals surface area contributed by atoms with Gasteiger partial charge in [0.05, 0.1) is 0 Å². The largest absolute Gasteiger partial charge is 0.465 e. The van der Waals surface area contributed by atoms with E-state index in [0.29, 0.717) is 50.6 Å². The van der Waals surface area contributed by atoms with Crippen LogP contribution in [0.3, 0.4) is 0 Å². The molecule has 0 unspecified atom stereocenters. The van der Waals surface area contributed by atoms with Crippen LogP contribution in [0.15, 0.2) is 18.2 Å². The van der Waals surface area contributed by atoms with Crippen LogP contribution in [0.25, 0.3) is 0 Å². The molecule has 2 saturated heterocycles. The molecule has 1 saturated carbocycles. The highest BCUT2D eigenvalue weighted by Crippen LogP contribution is 2.47. The number of likely N-dealkylation sites (tertiary alicyclic amines) is 2. The number of halogens is 1. The summed E-state index contributed by atoms with van der Waals surface area (Å²) >= 11 is 6.34. The van der Waals surface area contributed by atoms with Crippen molar-refractivity contribution in [3.05, 3.63) is 34.3 Å². The summed E-state index contributed by atoms with van der Waals surface area (Å²) in [5.74, 6) is 0.293. The molecule has 7 nitrogen and oxygen atoms in total. The van der Waals surface area contributed by atoms with Crippen LogP contribution in [0, 0.1) is 24.2 Å². The lowest BCUT2D eigenvalue weighted by molar-refractivity contribution is -0.142. The number of aryl methyl sites for hydroxylation is 1. The van der Waals surface area contributed by atoms with Gasteiger partial charge in [-0.1, -0.05) is 30.7 Å². The Hall–Kier alpha value is -2.28. The average molecular weight is 462 g/mol. The number of hydrogen-bond acceptors (Lipinski definition) is 3. The lowest BCUT2D eigenvalue weighted by Gasteiger charge is -2.34. The maximum atomic E-state index is 13.3. The summed E-state index contributed by atoms with van der Waals surface area (Å²) in [5.41, 5.74) is 1.85. The smallest absolute Gasteiger partial charge is 0.404 e. The van der Waals surface area contributed by atoms with Gasteiger partial charge in [-0.25, -0.2) is 4.79 Å². The Bertz CT molecular complexity index is 909. The van der Waals surface area contributed by atoms with Crippen molar-refractivity contribution in [2.45, 2.75) is 45.4 Å². The maximum Gasteiger partial charge on any atom is 0.404 e. The molecule has 8 heteroatoms. The maximum absolute atomic E-state index is 13.3. The summed E-state index contributed by atoms with van der Waals surface area (Å²) in [6, 6.07) is 5.93. The zero-order chi connectivity index (χ0) is 23.0. The molecule has 2 aliphatic heterocycles. The van der Waals surface area contributed by atoms with Gasteiger partial charge in [0.25, 0.3) is 0 Å².